The Hall–Kier alpha value is -2.12. The third kappa shape index (κ3) is 3.55. The SMILES string of the molecule is Cc1ccsc1/C=N/NC(=O)CSc1nc2ccccc2o1. The number of carbonyl (C=O) groups is 1. The molecule has 0 aliphatic heterocycles. The average Bonchev–Trinajstić information content (AvgIpc) is 3.11. The predicted molar refractivity (Wildman–Crippen MR) is 89.5 cm³/mol. The van der Waals surface area contributed by atoms with Gasteiger partial charge in [0.05, 0.1) is 12.0 Å². The Morgan fingerprint density at radius 3 is 3.09 bits per heavy atom. The summed E-state index contributed by atoms with van der Waals surface area (Å²) in [7, 11) is 0. The maximum atomic E-state index is 11.7. The van der Waals surface area contributed by atoms with E-state index in [-0.39, 0.29) is 11.7 Å². The quantitative estimate of drug-likeness (QED) is 0.442. The molecule has 0 spiro atoms. The third-order valence-corrected chi connectivity index (χ3v) is 4.66. The van der Waals surface area contributed by atoms with Gasteiger partial charge in [0.15, 0.2) is 5.58 Å². The minimum atomic E-state index is -0.197. The molecule has 22 heavy (non-hydrogen) atoms. The second kappa shape index (κ2) is 6.76. The lowest BCUT2D eigenvalue weighted by atomic mass is 10.3. The van der Waals surface area contributed by atoms with Gasteiger partial charge in [-0.2, -0.15) is 5.10 Å². The monoisotopic (exact) mass is 331 g/mol. The van der Waals surface area contributed by atoms with Crippen molar-refractivity contribution in [3.05, 3.63) is 46.2 Å². The molecule has 0 fully saturated rings. The van der Waals surface area contributed by atoms with Crippen molar-refractivity contribution in [2.75, 3.05) is 5.75 Å². The Morgan fingerprint density at radius 2 is 2.32 bits per heavy atom. The molecule has 7 heteroatoms. The third-order valence-electron chi connectivity index (χ3n) is 2.87. The minimum Gasteiger partial charge on any atom is -0.431 e. The fourth-order valence-corrected chi connectivity index (χ4v) is 3.17. The number of hydrogen-bond donors (Lipinski definition) is 1. The zero-order chi connectivity index (χ0) is 15.4. The van der Waals surface area contributed by atoms with Crippen LogP contribution in [0.2, 0.25) is 0 Å². The van der Waals surface area contributed by atoms with Crippen molar-refractivity contribution >= 4 is 46.3 Å². The molecule has 2 aromatic heterocycles. The number of thiophene rings is 1. The largest absolute Gasteiger partial charge is 0.431 e. The zero-order valence-corrected chi connectivity index (χ0v) is 13.4. The number of thioether (sulfide) groups is 1. The van der Waals surface area contributed by atoms with Crippen molar-refractivity contribution in [1.29, 1.82) is 0 Å². The van der Waals surface area contributed by atoms with Gasteiger partial charge in [-0.05, 0) is 36.1 Å². The Labute approximate surface area is 135 Å². The molecule has 0 saturated carbocycles. The summed E-state index contributed by atoms with van der Waals surface area (Å²) >= 11 is 2.83. The predicted octanol–water partition coefficient (Wildman–Crippen LogP) is 3.44. The van der Waals surface area contributed by atoms with Crippen molar-refractivity contribution < 1.29 is 9.21 Å². The molecule has 112 valence electrons. The van der Waals surface area contributed by atoms with E-state index in [1.54, 1.807) is 17.6 Å². The van der Waals surface area contributed by atoms with E-state index in [0.29, 0.717) is 5.22 Å². The molecule has 3 aromatic rings. The average molecular weight is 331 g/mol. The lowest BCUT2D eigenvalue weighted by molar-refractivity contribution is -0.118. The maximum Gasteiger partial charge on any atom is 0.257 e. The number of nitrogens with one attached hydrogen (secondary N) is 1. The van der Waals surface area contributed by atoms with Crippen molar-refractivity contribution in [1.82, 2.24) is 10.4 Å². The van der Waals surface area contributed by atoms with Gasteiger partial charge in [0.25, 0.3) is 11.1 Å². The number of para-hydroxylation sites is 2. The van der Waals surface area contributed by atoms with E-state index < -0.39 is 0 Å². The summed E-state index contributed by atoms with van der Waals surface area (Å²) in [5.74, 6) is 0.00541. The van der Waals surface area contributed by atoms with E-state index in [0.717, 1.165) is 21.5 Å². The summed E-state index contributed by atoms with van der Waals surface area (Å²) in [6.45, 7) is 2.00. The van der Waals surface area contributed by atoms with Crippen molar-refractivity contribution in [2.24, 2.45) is 5.10 Å². The fourth-order valence-electron chi connectivity index (χ4n) is 1.75. The number of hydrogen-bond acceptors (Lipinski definition) is 6. The molecule has 1 amide bonds. The van der Waals surface area contributed by atoms with Gasteiger partial charge in [-0.3, -0.25) is 4.79 Å². The molecule has 1 aromatic carbocycles. The molecule has 0 unspecified atom stereocenters. The van der Waals surface area contributed by atoms with E-state index in [2.05, 4.69) is 15.5 Å². The van der Waals surface area contributed by atoms with Crippen LogP contribution in [0.25, 0.3) is 11.1 Å². The van der Waals surface area contributed by atoms with Crippen LogP contribution in [-0.4, -0.2) is 22.9 Å². The van der Waals surface area contributed by atoms with Crippen LogP contribution in [0.3, 0.4) is 0 Å². The Morgan fingerprint density at radius 1 is 1.45 bits per heavy atom. The highest BCUT2D eigenvalue weighted by molar-refractivity contribution is 7.99. The van der Waals surface area contributed by atoms with E-state index in [9.17, 15) is 4.79 Å². The lowest BCUT2D eigenvalue weighted by Crippen LogP contribution is -2.19. The summed E-state index contributed by atoms with van der Waals surface area (Å²) in [6, 6.07) is 9.51. The summed E-state index contributed by atoms with van der Waals surface area (Å²) in [5.41, 5.74) is 5.15. The van der Waals surface area contributed by atoms with Gasteiger partial charge in [-0.15, -0.1) is 11.3 Å². The maximum absolute atomic E-state index is 11.7. The highest BCUT2D eigenvalue weighted by Crippen LogP contribution is 2.22. The first-order valence-corrected chi connectivity index (χ1v) is 8.43. The number of amides is 1. The highest BCUT2D eigenvalue weighted by Gasteiger charge is 2.08. The van der Waals surface area contributed by atoms with Gasteiger partial charge < -0.3 is 4.42 Å². The second-order valence-electron chi connectivity index (χ2n) is 4.50. The molecule has 2 heterocycles. The molecule has 3 rings (SSSR count). The van der Waals surface area contributed by atoms with E-state index in [4.69, 9.17) is 4.42 Å². The lowest BCUT2D eigenvalue weighted by Gasteiger charge is -1.96. The van der Waals surface area contributed by atoms with Gasteiger partial charge in [0.2, 0.25) is 0 Å². The topological polar surface area (TPSA) is 67.5 Å². The first-order chi connectivity index (χ1) is 10.7. The standard InChI is InChI=1S/C15H13N3O2S2/c1-10-6-7-21-13(10)8-16-18-14(19)9-22-15-17-11-4-2-3-5-12(11)20-15/h2-8H,9H2,1H3,(H,18,19)/b16-8+. The van der Waals surface area contributed by atoms with Crippen LogP contribution in [0.4, 0.5) is 0 Å². The molecule has 0 saturated heterocycles. The van der Waals surface area contributed by atoms with E-state index in [1.807, 2.05) is 42.6 Å². The molecule has 0 radical (unpaired) electrons. The number of fused-ring (bicyclic) bond motifs is 1. The van der Waals surface area contributed by atoms with Gasteiger partial charge in [-0.25, -0.2) is 10.4 Å². The Bertz CT molecular complexity index is 790. The van der Waals surface area contributed by atoms with Crippen LogP contribution in [-0.2, 0) is 4.79 Å². The molecular formula is C15H13N3O2S2. The van der Waals surface area contributed by atoms with E-state index >= 15 is 0 Å². The Balaban J connectivity index is 1.52. The van der Waals surface area contributed by atoms with Crippen LogP contribution in [0.15, 0.2) is 50.5 Å². The number of rotatable bonds is 5. The number of oxazole rings is 1. The van der Waals surface area contributed by atoms with Crippen LogP contribution >= 0.6 is 23.1 Å². The number of benzene rings is 1. The van der Waals surface area contributed by atoms with Gasteiger partial charge in [0.1, 0.15) is 5.52 Å². The number of hydrazone groups is 1. The summed E-state index contributed by atoms with van der Waals surface area (Å²) in [5, 5.41) is 6.42. The van der Waals surface area contributed by atoms with Gasteiger partial charge in [-0.1, -0.05) is 23.9 Å². The first-order valence-electron chi connectivity index (χ1n) is 6.57. The smallest absolute Gasteiger partial charge is 0.257 e. The van der Waals surface area contributed by atoms with Crippen molar-refractivity contribution in [3.63, 3.8) is 0 Å². The molecule has 5 nitrogen and oxygen atoms in total. The molecule has 0 bridgehead atoms. The molecule has 0 atom stereocenters. The molecule has 0 aliphatic carbocycles. The zero-order valence-electron chi connectivity index (χ0n) is 11.8. The van der Waals surface area contributed by atoms with Gasteiger partial charge in [0, 0.05) is 4.88 Å². The van der Waals surface area contributed by atoms with Crippen LogP contribution in [0.5, 0.6) is 0 Å². The summed E-state index contributed by atoms with van der Waals surface area (Å²) in [4.78, 5) is 17.1. The normalized spacial score (nSPS) is 11.3. The second-order valence-corrected chi connectivity index (χ2v) is 6.37. The van der Waals surface area contributed by atoms with Crippen LogP contribution in [0, 0.1) is 6.92 Å². The fraction of sp³-hybridized carbons (Fsp3) is 0.133. The van der Waals surface area contributed by atoms with E-state index in [1.165, 1.54) is 11.8 Å². The molecule has 0 aliphatic rings. The number of nitrogens with zero attached hydrogens (tertiary/aromatic N) is 2. The number of aromatic nitrogens is 1. The number of carbonyl (C=O) groups excluding carboxylic acids is 1. The molecular weight excluding hydrogens is 318 g/mol. The van der Waals surface area contributed by atoms with Crippen molar-refractivity contribution in [2.45, 2.75) is 12.1 Å². The highest BCUT2D eigenvalue weighted by atomic mass is 32.2. The summed E-state index contributed by atoms with van der Waals surface area (Å²) in [6.07, 6.45) is 1.65. The van der Waals surface area contributed by atoms with Gasteiger partial charge >= 0.3 is 0 Å². The van der Waals surface area contributed by atoms with Crippen LogP contribution < -0.4 is 5.43 Å². The van der Waals surface area contributed by atoms with Crippen molar-refractivity contribution in [3.8, 4) is 0 Å². The minimum absolute atomic E-state index is 0.197. The summed E-state index contributed by atoms with van der Waals surface area (Å²) < 4.78 is 5.53. The molecule has 1 N–H and O–H groups in total. The number of aryl methyl sites for hydroxylation is 1. The first kappa shape index (κ1) is 14.8. The van der Waals surface area contributed by atoms with Crippen LogP contribution in [0.1, 0.15) is 10.4 Å². The Kier molecular flexibility index (Phi) is 4.55.